The van der Waals surface area contributed by atoms with E-state index in [2.05, 4.69) is 25.8 Å². The van der Waals surface area contributed by atoms with Gasteiger partial charge >= 0.3 is 0 Å². The fourth-order valence-corrected chi connectivity index (χ4v) is 1.56. The third kappa shape index (κ3) is 2.01. The Hall–Kier alpha value is -1.38. The van der Waals surface area contributed by atoms with Gasteiger partial charge in [-0.25, -0.2) is 0 Å². The first-order chi connectivity index (χ1) is 6.97. The monoisotopic (exact) mass is 205 g/mol. The van der Waals surface area contributed by atoms with E-state index < -0.39 is 0 Å². The number of aromatic nitrogens is 1. The predicted molar refractivity (Wildman–Crippen MR) is 57.1 cm³/mol. The molecule has 0 fully saturated rings. The molecule has 0 N–H and O–H groups in total. The minimum atomic E-state index is 0.00945. The van der Waals surface area contributed by atoms with Gasteiger partial charge in [0.15, 0.2) is 5.78 Å². The zero-order valence-corrected chi connectivity index (χ0v) is 9.33. The molecule has 80 valence electrons. The van der Waals surface area contributed by atoms with Gasteiger partial charge in [-0.1, -0.05) is 20.8 Å². The summed E-state index contributed by atoms with van der Waals surface area (Å²) in [6.45, 7) is 6.50. The maximum absolute atomic E-state index is 11.2. The van der Waals surface area contributed by atoms with E-state index in [4.69, 9.17) is 4.74 Å². The van der Waals surface area contributed by atoms with Crippen LogP contribution in [0.25, 0.3) is 0 Å². The fourth-order valence-electron chi connectivity index (χ4n) is 1.56. The van der Waals surface area contributed by atoms with Crippen LogP contribution >= 0.6 is 0 Å². The Balaban J connectivity index is 2.41. The van der Waals surface area contributed by atoms with Gasteiger partial charge in [-0.3, -0.25) is 9.78 Å². The zero-order valence-electron chi connectivity index (χ0n) is 9.33. The van der Waals surface area contributed by atoms with Gasteiger partial charge in [-0.05, 0) is 12.1 Å². The first kappa shape index (κ1) is 10.1. The van der Waals surface area contributed by atoms with Gasteiger partial charge in [0.25, 0.3) is 0 Å². The molecule has 3 heteroatoms. The van der Waals surface area contributed by atoms with Crippen molar-refractivity contribution in [3.8, 4) is 5.75 Å². The van der Waals surface area contributed by atoms with Crippen LogP contribution in [-0.2, 0) is 16.6 Å². The van der Waals surface area contributed by atoms with E-state index in [0.29, 0.717) is 6.42 Å². The number of carbonyl (C=O) groups excluding carboxylic acids is 1. The van der Waals surface area contributed by atoms with Crippen molar-refractivity contribution in [1.29, 1.82) is 0 Å². The Morgan fingerprint density at radius 2 is 2.07 bits per heavy atom. The Bertz CT molecular complexity index is 405. The molecule has 0 saturated carbocycles. The van der Waals surface area contributed by atoms with Gasteiger partial charge in [-0.2, -0.15) is 0 Å². The van der Waals surface area contributed by atoms with Crippen LogP contribution in [-0.4, -0.2) is 17.4 Å². The Labute approximate surface area is 89.5 Å². The highest BCUT2D eigenvalue weighted by Gasteiger charge is 2.22. The van der Waals surface area contributed by atoms with E-state index in [1.54, 1.807) is 0 Å². The molecule has 1 aromatic rings. The van der Waals surface area contributed by atoms with Crippen molar-refractivity contribution in [3.63, 3.8) is 0 Å². The van der Waals surface area contributed by atoms with Gasteiger partial charge < -0.3 is 4.74 Å². The summed E-state index contributed by atoms with van der Waals surface area (Å²) >= 11 is 0. The first-order valence-electron chi connectivity index (χ1n) is 5.12. The SMILES string of the molecule is CC(C)(C)c1ccc2c(n1)CC(=O)CO2. The maximum atomic E-state index is 11.2. The molecule has 0 radical (unpaired) electrons. The summed E-state index contributed by atoms with van der Waals surface area (Å²) < 4.78 is 5.29. The average Bonchev–Trinajstić information content (AvgIpc) is 2.15. The number of nitrogens with zero attached hydrogens (tertiary/aromatic N) is 1. The van der Waals surface area contributed by atoms with Crippen LogP contribution < -0.4 is 4.74 Å². The van der Waals surface area contributed by atoms with Gasteiger partial charge in [0.05, 0.1) is 12.1 Å². The molecule has 0 aromatic carbocycles. The van der Waals surface area contributed by atoms with Crippen molar-refractivity contribution in [2.45, 2.75) is 32.6 Å². The molecule has 2 heterocycles. The lowest BCUT2D eigenvalue weighted by atomic mass is 9.91. The molecule has 2 rings (SSSR count). The number of rotatable bonds is 0. The molecule has 1 aliphatic rings. The summed E-state index contributed by atoms with van der Waals surface area (Å²) in [5.41, 5.74) is 1.79. The quantitative estimate of drug-likeness (QED) is 0.649. The number of ketones is 1. The number of pyridine rings is 1. The number of ether oxygens (including phenoxy) is 1. The topological polar surface area (TPSA) is 39.2 Å². The van der Waals surface area contributed by atoms with Crippen LogP contribution in [0.4, 0.5) is 0 Å². The van der Waals surface area contributed by atoms with Gasteiger partial charge in [0.2, 0.25) is 0 Å². The van der Waals surface area contributed by atoms with Gasteiger partial charge in [0, 0.05) is 11.1 Å². The zero-order chi connectivity index (χ0) is 11.1. The molecule has 1 aromatic heterocycles. The molecule has 3 nitrogen and oxygen atoms in total. The van der Waals surface area contributed by atoms with Crippen molar-refractivity contribution in [3.05, 3.63) is 23.5 Å². The lowest BCUT2D eigenvalue weighted by Gasteiger charge is -2.21. The van der Waals surface area contributed by atoms with Crippen molar-refractivity contribution >= 4 is 5.78 Å². The van der Waals surface area contributed by atoms with E-state index in [9.17, 15) is 4.79 Å². The summed E-state index contributed by atoms with van der Waals surface area (Å²) in [7, 11) is 0. The lowest BCUT2D eigenvalue weighted by Crippen LogP contribution is -2.23. The van der Waals surface area contributed by atoms with Crippen LogP contribution in [0.5, 0.6) is 5.75 Å². The maximum Gasteiger partial charge on any atom is 0.176 e. The molecule has 0 atom stereocenters. The summed E-state index contributed by atoms with van der Waals surface area (Å²) in [5, 5.41) is 0. The van der Waals surface area contributed by atoms with E-state index in [1.165, 1.54) is 0 Å². The molecule has 0 bridgehead atoms. The summed E-state index contributed by atoms with van der Waals surface area (Å²) in [6, 6.07) is 3.88. The largest absolute Gasteiger partial charge is 0.484 e. The van der Waals surface area contributed by atoms with Gasteiger partial charge in [-0.15, -0.1) is 0 Å². The van der Waals surface area contributed by atoms with E-state index in [1.807, 2.05) is 12.1 Å². The highest BCUT2D eigenvalue weighted by molar-refractivity contribution is 5.83. The molecule has 0 amide bonds. The fraction of sp³-hybridized carbons (Fsp3) is 0.500. The number of Topliss-reactive ketones (excluding diaryl/α,β-unsaturated/α-hetero) is 1. The second-order valence-corrected chi connectivity index (χ2v) is 4.90. The van der Waals surface area contributed by atoms with Crippen LogP contribution in [0.3, 0.4) is 0 Å². The van der Waals surface area contributed by atoms with Crippen molar-refractivity contribution in [2.24, 2.45) is 0 Å². The van der Waals surface area contributed by atoms with Crippen LogP contribution in [0.2, 0.25) is 0 Å². The third-order valence-electron chi connectivity index (χ3n) is 2.45. The minimum absolute atomic E-state index is 0.00945. The molecule has 1 aliphatic heterocycles. The van der Waals surface area contributed by atoms with Crippen LogP contribution in [0.15, 0.2) is 12.1 Å². The van der Waals surface area contributed by atoms with E-state index in [-0.39, 0.29) is 17.8 Å². The van der Waals surface area contributed by atoms with Gasteiger partial charge in [0.1, 0.15) is 12.4 Å². The smallest absolute Gasteiger partial charge is 0.176 e. The summed E-state index contributed by atoms with van der Waals surface area (Å²) in [4.78, 5) is 15.7. The number of fused-ring (bicyclic) bond motifs is 1. The predicted octanol–water partition coefficient (Wildman–Crippen LogP) is 1.88. The average molecular weight is 205 g/mol. The number of hydrogen-bond acceptors (Lipinski definition) is 3. The molecule has 0 saturated heterocycles. The Kier molecular flexibility index (Phi) is 2.25. The van der Waals surface area contributed by atoms with Crippen LogP contribution in [0, 0.1) is 0 Å². The molecule has 15 heavy (non-hydrogen) atoms. The first-order valence-corrected chi connectivity index (χ1v) is 5.12. The van der Waals surface area contributed by atoms with Crippen LogP contribution in [0.1, 0.15) is 32.2 Å². The molecular formula is C12H15NO2. The Morgan fingerprint density at radius 3 is 2.73 bits per heavy atom. The van der Waals surface area contributed by atoms with Crippen molar-refractivity contribution < 1.29 is 9.53 Å². The molecular weight excluding hydrogens is 190 g/mol. The highest BCUT2D eigenvalue weighted by Crippen LogP contribution is 2.26. The summed E-state index contributed by atoms with van der Waals surface area (Å²) in [5.74, 6) is 0.851. The second-order valence-electron chi connectivity index (χ2n) is 4.90. The highest BCUT2D eigenvalue weighted by atomic mass is 16.5. The normalized spacial score (nSPS) is 15.8. The second kappa shape index (κ2) is 3.33. The summed E-state index contributed by atoms with van der Waals surface area (Å²) in [6.07, 6.45) is 0.402. The third-order valence-corrected chi connectivity index (χ3v) is 2.45. The molecule has 0 unspecified atom stereocenters. The number of carbonyl (C=O) groups is 1. The minimum Gasteiger partial charge on any atom is -0.484 e. The Morgan fingerprint density at radius 1 is 1.33 bits per heavy atom. The van der Waals surface area contributed by atoms with Crippen molar-refractivity contribution in [1.82, 2.24) is 4.98 Å². The van der Waals surface area contributed by atoms with E-state index in [0.717, 1.165) is 17.1 Å². The van der Waals surface area contributed by atoms with Crippen molar-refractivity contribution in [2.75, 3.05) is 6.61 Å². The van der Waals surface area contributed by atoms with E-state index >= 15 is 0 Å². The number of hydrogen-bond donors (Lipinski definition) is 0. The molecule has 0 aliphatic carbocycles. The molecule has 0 spiro atoms. The lowest BCUT2D eigenvalue weighted by molar-refractivity contribution is -0.121. The standard InChI is InChI=1S/C12H15NO2/c1-12(2,3)11-5-4-10-9(13-11)6-8(14)7-15-10/h4-5H,6-7H2,1-3H3.